The molecule has 0 amide bonds. The van der Waals surface area contributed by atoms with Crippen molar-refractivity contribution in [2.24, 2.45) is 0 Å². The molecular weight excluding hydrogens is 448 g/mol. The van der Waals surface area contributed by atoms with Crippen molar-refractivity contribution in [3.05, 3.63) is 0 Å². The van der Waals surface area contributed by atoms with E-state index in [9.17, 15) is 30.0 Å². The summed E-state index contributed by atoms with van der Waals surface area (Å²) in [7, 11) is 0. The van der Waals surface area contributed by atoms with Gasteiger partial charge < -0.3 is 39.5 Å². The predicted molar refractivity (Wildman–Crippen MR) is 105 cm³/mol. The number of carbonyl (C=O) groups is 2. The normalized spacial score (nSPS) is 26.1. The molecule has 2 aliphatic heterocycles. The van der Waals surface area contributed by atoms with Gasteiger partial charge in [-0.25, -0.2) is 4.89 Å². The SMILES string of the molecule is O=C(CCCC(=O)ON1C(O)CCC1O)OCOCOCCCCOON1C(O)CCC1O. The lowest BCUT2D eigenvalue weighted by Gasteiger charge is -2.21. The number of hydrogen-bond acceptors (Lipinski definition) is 14. The van der Waals surface area contributed by atoms with Gasteiger partial charge in [0.25, 0.3) is 0 Å². The number of hydroxylamine groups is 4. The van der Waals surface area contributed by atoms with Gasteiger partial charge in [0, 0.05) is 19.4 Å². The summed E-state index contributed by atoms with van der Waals surface area (Å²) in [5, 5.41) is 40.0. The minimum atomic E-state index is -1.03. The monoisotopic (exact) mass is 482 g/mol. The molecule has 4 N–H and O–H groups in total. The average molecular weight is 482 g/mol. The molecule has 0 saturated carbocycles. The molecule has 0 aliphatic carbocycles. The van der Waals surface area contributed by atoms with Crippen LogP contribution in [-0.2, 0) is 38.5 Å². The molecule has 192 valence electrons. The Kier molecular flexibility index (Phi) is 13.0. The third kappa shape index (κ3) is 10.6. The third-order valence-corrected chi connectivity index (χ3v) is 4.89. The van der Waals surface area contributed by atoms with Gasteiger partial charge in [0.2, 0.25) is 0 Å². The van der Waals surface area contributed by atoms with E-state index in [4.69, 9.17) is 28.9 Å². The van der Waals surface area contributed by atoms with E-state index in [1.54, 1.807) is 0 Å². The molecule has 2 saturated heterocycles. The van der Waals surface area contributed by atoms with Crippen LogP contribution in [0.25, 0.3) is 0 Å². The van der Waals surface area contributed by atoms with Crippen LogP contribution in [0.3, 0.4) is 0 Å². The second-order valence-corrected chi connectivity index (χ2v) is 7.58. The first kappa shape index (κ1) is 27.8. The van der Waals surface area contributed by atoms with Crippen LogP contribution in [0.4, 0.5) is 0 Å². The molecule has 0 spiro atoms. The highest BCUT2D eigenvalue weighted by Gasteiger charge is 2.34. The Morgan fingerprint density at radius 1 is 0.697 bits per heavy atom. The van der Waals surface area contributed by atoms with Crippen LogP contribution in [0.15, 0.2) is 0 Å². The Balaban J connectivity index is 1.34. The van der Waals surface area contributed by atoms with Gasteiger partial charge in [0.05, 0.1) is 6.61 Å². The fourth-order valence-corrected chi connectivity index (χ4v) is 3.06. The Morgan fingerprint density at radius 2 is 1.27 bits per heavy atom. The first-order chi connectivity index (χ1) is 15.9. The van der Waals surface area contributed by atoms with Crippen molar-refractivity contribution in [1.82, 2.24) is 10.1 Å². The summed E-state index contributed by atoms with van der Waals surface area (Å²) in [5.74, 6) is -1.20. The number of unbranched alkanes of at least 4 members (excludes halogenated alkanes) is 1. The lowest BCUT2D eigenvalue weighted by atomic mass is 10.2. The van der Waals surface area contributed by atoms with Crippen LogP contribution in [-0.4, -0.2) is 94.2 Å². The van der Waals surface area contributed by atoms with E-state index in [0.717, 1.165) is 10.1 Å². The molecule has 4 unspecified atom stereocenters. The molecule has 0 aromatic carbocycles. The van der Waals surface area contributed by atoms with Crippen LogP contribution in [0, 0.1) is 0 Å². The number of aliphatic hydroxyl groups excluding tert-OH is 4. The topological polar surface area (TPSA) is 177 Å². The number of carbonyl (C=O) groups excluding carboxylic acids is 2. The first-order valence-corrected chi connectivity index (χ1v) is 11.0. The van der Waals surface area contributed by atoms with Gasteiger partial charge in [-0.15, -0.1) is 4.99 Å². The fraction of sp³-hybridized carbons (Fsp3) is 0.895. The van der Waals surface area contributed by atoms with Crippen LogP contribution in [0.1, 0.15) is 57.8 Å². The molecular formula is C19H34N2O12. The number of nitrogens with zero attached hydrogens (tertiary/aromatic N) is 2. The highest BCUT2D eigenvalue weighted by molar-refractivity contribution is 5.72. The van der Waals surface area contributed by atoms with E-state index in [-0.39, 0.29) is 39.5 Å². The maximum Gasteiger partial charge on any atom is 0.325 e. The van der Waals surface area contributed by atoms with Crippen molar-refractivity contribution >= 4 is 11.9 Å². The molecule has 2 aliphatic rings. The highest BCUT2D eigenvalue weighted by Crippen LogP contribution is 2.21. The molecule has 2 rings (SSSR count). The number of ether oxygens (including phenoxy) is 3. The molecule has 0 aromatic rings. The van der Waals surface area contributed by atoms with E-state index < -0.39 is 36.9 Å². The summed E-state index contributed by atoms with van der Waals surface area (Å²) in [6.45, 7) is 0.287. The van der Waals surface area contributed by atoms with E-state index >= 15 is 0 Å². The van der Waals surface area contributed by atoms with E-state index in [2.05, 4.69) is 0 Å². The first-order valence-electron chi connectivity index (χ1n) is 11.0. The summed E-state index contributed by atoms with van der Waals surface area (Å²) < 4.78 is 15.1. The van der Waals surface area contributed by atoms with Gasteiger partial charge in [0.15, 0.2) is 13.6 Å². The molecule has 14 nitrogen and oxygen atoms in total. The van der Waals surface area contributed by atoms with Gasteiger partial charge in [-0.1, -0.05) is 10.1 Å². The number of aliphatic hydroxyl groups is 4. The van der Waals surface area contributed by atoms with Crippen LogP contribution in [0.2, 0.25) is 0 Å². The Morgan fingerprint density at radius 3 is 1.94 bits per heavy atom. The maximum absolute atomic E-state index is 11.7. The smallest absolute Gasteiger partial charge is 0.325 e. The molecule has 4 atom stereocenters. The largest absolute Gasteiger partial charge is 0.438 e. The molecule has 2 heterocycles. The quantitative estimate of drug-likeness (QED) is 0.0707. The second kappa shape index (κ2) is 15.4. The van der Waals surface area contributed by atoms with E-state index in [1.165, 1.54) is 0 Å². The minimum absolute atomic E-state index is 0.0159. The fourth-order valence-electron chi connectivity index (χ4n) is 3.06. The van der Waals surface area contributed by atoms with Gasteiger partial charge >= 0.3 is 11.9 Å². The second-order valence-electron chi connectivity index (χ2n) is 7.58. The number of hydrogen-bond donors (Lipinski definition) is 4. The molecule has 0 bridgehead atoms. The Bertz CT molecular complexity index is 563. The zero-order valence-corrected chi connectivity index (χ0v) is 18.5. The van der Waals surface area contributed by atoms with Crippen molar-refractivity contribution in [3.63, 3.8) is 0 Å². The van der Waals surface area contributed by atoms with E-state index in [1.807, 2.05) is 0 Å². The third-order valence-electron chi connectivity index (χ3n) is 4.89. The van der Waals surface area contributed by atoms with Crippen molar-refractivity contribution in [2.45, 2.75) is 82.7 Å². The lowest BCUT2D eigenvalue weighted by molar-refractivity contribution is -0.468. The number of esters is 1. The molecule has 33 heavy (non-hydrogen) atoms. The lowest BCUT2D eigenvalue weighted by Crippen LogP contribution is -2.37. The van der Waals surface area contributed by atoms with Crippen molar-refractivity contribution in [2.75, 3.05) is 26.8 Å². The van der Waals surface area contributed by atoms with Crippen molar-refractivity contribution in [3.8, 4) is 0 Å². The summed E-state index contributed by atoms with van der Waals surface area (Å²) in [6.07, 6.45) is -0.984. The summed E-state index contributed by atoms with van der Waals surface area (Å²) in [5.41, 5.74) is 0. The minimum Gasteiger partial charge on any atom is -0.438 e. The summed E-state index contributed by atoms with van der Waals surface area (Å²) in [6, 6.07) is 0. The van der Waals surface area contributed by atoms with Gasteiger partial charge in [-0.3, -0.25) is 9.59 Å². The van der Waals surface area contributed by atoms with Gasteiger partial charge in [0.1, 0.15) is 24.9 Å². The van der Waals surface area contributed by atoms with Gasteiger partial charge in [-0.2, -0.15) is 0 Å². The molecule has 2 fully saturated rings. The van der Waals surface area contributed by atoms with Gasteiger partial charge in [-0.05, 0) is 44.9 Å². The van der Waals surface area contributed by atoms with Crippen LogP contribution < -0.4 is 0 Å². The zero-order chi connectivity index (χ0) is 24.1. The molecule has 14 heteroatoms. The van der Waals surface area contributed by atoms with Crippen molar-refractivity contribution in [1.29, 1.82) is 0 Å². The standard InChI is InChI=1S/C19H34N2O12/c22-14-6-7-15(23)20(14)32-19(27)5-3-4-18(26)30-13-29-12-28-10-1-2-11-31-33-21-16(24)8-9-17(21)25/h14-17,22-25H,1-13H2. The Labute approximate surface area is 191 Å². The zero-order valence-electron chi connectivity index (χ0n) is 18.5. The van der Waals surface area contributed by atoms with Crippen LogP contribution >= 0.6 is 0 Å². The summed E-state index contributed by atoms with van der Waals surface area (Å²) >= 11 is 0. The number of rotatable bonds is 16. The Hall–Kier alpha value is -1.46. The maximum atomic E-state index is 11.7. The van der Waals surface area contributed by atoms with Crippen LogP contribution in [0.5, 0.6) is 0 Å². The average Bonchev–Trinajstić information content (AvgIpc) is 3.27. The highest BCUT2D eigenvalue weighted by atomic mass is 17.3. The molecule has 0 aromatic heterocycles. The van der Waals surface area contributed by atoms with E-state index in [0.29, 0.717) is 45.1 Å². The summed E-state index contributed by atoms with van der Waals surface area (Å²) in [4.78, 5) is 38.0. The predicted octanol–water partition coefficient (Wildman–Crippen LogP) is -0.785. The van der Waals surface area contributed by atoms with Crippen molar-refractivity contribution < 1.29 is 58.9 Å². The molecule has 0 radical (unpaired) electrons.